The molecule has 0 saturated heterocycles. The standard InChI is InChI=1S/C13H12FN3O3/c1-8-4-10(17(19)20)5-11(12(8)14)13(18)16-7-9-2-3-15-6-9/h2-6,15H,7H2,1H3,(H,16,18). The molecule has 20 heavy (non-hydrogen) atoms. The van der Waals surface area contributed by atoms with Crippen molar-refractivity contribution in [2.75, 3.05) is 0 Å². The van der Waals surface area contributed by atoms with E-state index in [1.165, 1.54) is 6.92 Å². The van der Waals surface area contributed by atoms with E-state index in [0.29, 0.717) is 0 Å². The van der Waals surface area contributed by atoms with Gasteiger partial charge in [0, 0.05) is 31.1 Å². The number of non-ortho nitro benzene ring substituents is 1. The van der Waals surface area contributed by atoms with Crippen molar-refractivity contribution >= 4 is 11.6 Å². The van der Waals surface area contributed by atoms with Crippen molar-refractivity contribution in [2.24, 2.45) is 0 Å². The quantitative estimate of drug-likeness (QED) is 0.664. The molecule has 1 aromatic carbocycles. The lowest BCUT2D eigenvalue weighted by atomic mass is 10.1. The molecule has 0 atom stereocenters. The average Bonchev–Trinajstić information content (AvgIpc) is 2.92. The number of hydrogen-bond donors (Lipinski definition) is 2. The van der Waals surface area contributed by atoms with Gasteiger partial charge in [-0.15, -0.1) is 0 Å². The highest BCUT2D eigenvalue weighted by Crippen LogP contribution is 2.21. The molecule has 0 bridgehead atoms. The summed E-state index contributed by atoms with van der Waals surface area (Å²) in [4.78, 5) is 24.8. The number of aromatic amines is 1. The predicted molar refractivity (Wildman–Crippen MR) is 69.8 cm³/mol. The number of amides is 1. The van der Waals surface area contributed by atoms with E-state index in [0.717, 1.165) is 17.7 Å². The second-order valence-electron chi connectivity index (χ2n) is 4.28. The SMILES string of the molecule is Cc1cc([N+](=O)[O-])cc(C(=O)NCc2cc[nH]c2)c1F. The number of rotatable bonds is 4. The van der Waals surface area contributed by atoms with Gasteiger partial charge in [0.1, 0.15) is 5.82 Å². The number of benzene rings is 1. The van der Waals surface area contributed by atoms with E-state index in [2.05, 4.69) is 10.3 Å². The fourth-order valence-corrected chi connectivity index (χ4v) is 1.77. The van der Waals surface area contributed by atoms with E-state index >= 15 is 0 Å². The number of aryl methyl sites for hydroxylation is 1. The maximum atomic E-state index is 13.9. The van der Waals surface area contributed by atoms with E-state index in [1.54, 1.807) is 18.5 Å². The normalized spacial score (nSPS) is 10.3. The van der Waals surface area contributed by atoms with Crippen LogP contribution in [-0.4, -0.2) is 15.8 Å². The number of H-pyrrole nitrogens is 1. The molecule has 1 aromatic heterocycles. The number of nitrogens with one attached hydrogen (secondary N) is 2. The minimum Gasteiger partial charge on any atom is -0.367 e. The summed E-state index contributed by atoms with van der Waals surface area (Å²) >= 11 is 0. The van der Waals surface area contributed by atoms with Crippen LogP contribution < -0.4 is 5.32 Å². The Morgan fingerprint density at radius 3 is 2.85 bits per heavy atom. The molecular formula is C13H12FN3O3. The van der Waals surface area contributed by atoms with Crippen LogP contribution in [0.2, 0.25) is 0 Å². The Morgan fingerprint density at radius 1 is 1.50 bits per heavy atom. The smallest absolute Gasteiger partial charge is 0.270 e. The van der Waals surface area contributed by atoms with Crippen molar-refractivity contribution in [3.63, 3.8) is 0 Å². The number of nitro benzene ring substituents is 1. The number of aromatic nitrogens is 1. The fourth-order valence-electron chi connectivity index (χ4n) is 1.77. The number of carbonyl (C=O) groups is 1. The molecule has 7 heteroatoms. The van der Waals surface area contributed by atoms with E-state index < -0.39 is 16.6 Å². The van der Waals surface area contributed by atoms with E-state index in [1.807, 2.05) is 0 Å². The van der Waals surface area contributed by atoms with Crippen molar-refractivity contribution in [2.45, 2.75) is 13.5 Å². The van der Waals surface area contributed by atoms with Crippen LogP contribution >= 0.6 is 0 Å². The molecule has 1 amide bonds. The van der Waals surface area contributed by atoms with Gasteiger partial charge in [0.25, 0.3) is 11.6 Å². The molecule has 0 aliphatic heterocycles. The molecule has 104 valence electrons. The van der Waals surface area contributed by atoms with E-state index in [-0.39, 0.29) is 23.4 Å². The first-order valence-corrected chi connectivity index (χ1v) is 5.83. The third-order valence-electron chi connectivity index (χ3n) is 2.81. The van der Waals surface area contributed by atoms with Crippen LogP contribution in [0.3, 0.4) is 0 Å². The Hall–Kier alpha value is -2.70. The fraction of sp³-hybridized carbons (Fsp3) is 0.154. The van der Waals surface area contributed by atoms with Crippen LogP contribution in [-0.2, 0) is 6.54 Å². The topological polar surface area (TPSA) is 88.0 Å². The van der Waals surface area contributed by atoms with E-state index in [9.17, 15) is 19.3 Å². The molecule has 0 aliphatic rings. The predicted octanol–water partition coefficient (Wildman–Crippen LogP) is 2.30. The summed E-state index contributed by atoms with van der Waals surface area (Å²) in [6.45, 7) is 1.59. The molecule has 2 N–H and O–H groups in total. The molecular weight excluding hydrogens is 265 g/mol. The highest BCUT2D eigenvalue weighted by molar-refractivity contribution is 5.95. The largest absolute Gasteiger partial charge is 0.367 e. The zero-order valence-corrected chi connectivity index (χ0v) is 10.6. The molecule has 0 fully saturated rings. The number of halogens is 1. The minimum atomic E-state index is -0.748. The Kier molecular flexibility index (Phi) is 3.79. The minimum absolute atomic E-state index is 0.0611. The third-order valence-corrected chi connectivity index (χ3v) is 2.81. The van der Waals surface area contributed by atoms with Crippen LogP contribution in [0.15, 0.2) is 30.6 Å². The molecule has 6 nitrogen and oxygen atoms in total. The molecule has 2 rings (SSSR count). The van der Waals surface area contributed by atoms with Crippen LogP contribution in [0, 0.1) is 22.9 Å². The maximum absolute atomic E-state index is 13.9. The van der Waals surface area contributed by atoms with Crippen molar-refractivity contribution < 1.29 is 14.1 Å². The number of nitrogens with zero attached hydrogens (tertiary/aromatic N) is 1. The van der Waals surface area contributed by atoms with Gasteiger partial charge in [0.05, 0.1) is 10.5 Å². The number of nitro groups is 1. The van der Waals surface area contributed by atoms with Crippen LogP contribution in [0.5, 0.6) is 0 Å². The van der Waals surface area contributed by atoms with Crippen molar-refractivity contribution in [1.29, 1.82) is 0 Å². The monoisotopic (exact) mass is 277 g/mol. The third kappa shape index (κ3) is 2.82. The molecule has 0 saturated carbocycles. The summed E-state index contributed by atoms with van der Waals surface area (Å²) < 4.78 is 13.9. The van der Waals surface area contributed by atoms with Crippen molar-refractivity contribution in [3.05, 3.63) is 63.2 Å². The van der Waals surface area contributed by atoms with Gasteiger partial charge in [-0.25, -0.2) is 4.39 Å². The lowest BCUT2D eigenvalue weighted by Crippen LogP contribution is -2.24. The number of hydrogen-bond acceptors (Lipinski definition) is 3. The summed E-state index contributed by atoms with van der Waals surface area (Å²) in [7, 11) is 0. The molecule has 0 spiro atoms. The van der Waals surface area contributed by atoms with Crippen LogP contribution in [0.1, 0.15) is 21.5 Å². The summed E-state index contributed by atoms with van der Waals surface area (Å²) in [5.41, 5.74) is 0.245. The first-order valence-electron chi connectivity index (χ1n) is 5.83. The lowest BCUT2D eigenvalue weighted by Gasteiger charge is -2.07. The highest BCUT2D eigenvalue weighted by Gasteiger charge is 2.19. The lowest BCUT2D eigenvalue weighted by molar-refractivity contribution is -0.385. The van der Waals surface area contributed by atoms with Gasteiger partial charge >= 0.3 is 0 Å². The zero-order valence-electron chi connectivity index (χ0n) is 10.6. The molecule has 0 aliphatic carbocycles. The Bertz CT molecular complexity index is 653. The second kappa shape index (κ2) is 5.52. The molecule has 0 unspecified atom stereocenters. The van der Waals surface area contributed by atoms with Gasteiger partial charge in [-0.2, -0.15) is 0 Å². The Morgan fingerprint density at radius 2 is 2.25 bits per heavy atom. The van der Waals surface area contributed by atoms with Gasteiger partial charge in [0.2, 0.25) is 0 Å². The van der Waals surface area contributed by atoms with Crippen LogP contribution in [0.4, 0.5) is 10.1 Å². The average molecular weight is 277 g/mol. The van der Waals surface area contributed by atoms with Gasteiger partial charge in [-0.05, 0) is 24.1 Å². The van der Waals surface area contributed by atoms with Crippen molar-refractivity contribution in [3.8, 4) is 0 Å². The summed E-state index contributed by atoms with van der Waals surface area (Å²) in [6, 6.07) is 3.79. The Balaban J connectivity index is 2.22. The second-order valence-corrected chi connectivity index (χ2v) is 4.28. The first-order chi connectivity index (χ1) is 9.49. The number of carbonyl (C=O) groups excluding carboxylic acids is 1. The van der Waals surface area contributed by atoms with Crippen molar-refractivity contribution in [1.82, 2.24) is 10.3 Å². The highest BCUT2D eigenvalue weighted by atomic mass is 19.1. The van der Waals surface area contributed by atoms with E-state index in [4.69, 9.17) is 0 Å². The first kappa shape index (κ1) is 13.7. The van der Waals surface area contributed by atoms with Crippen LogP contribution in [0.25, 0.3) is 0 Å². The van der Waals surface area contributed by atoms with Gasteiger partial charge in [-0.1, -0.05) is 0 Å². The van der Waals surface area contributed by atoms with Gasteiger partial charge in [-0.3, -0.25) is 14.9 Å². The summed E-state index contributed by atoms with van der Waals surface area (Å²) in [5, 5.41) is 13.2. The summed E-state index contributed by atoms with van der Waals surface area (Å²) in [6.07, 6.45) is 3.38. The molecule has 2 aromatic rings. The van der Waals surface area contributed by atoms with Gasteiger partial charge < -0.3 is 10.3 Å². The zero-order chi connectivity index (χ0) is 14.7. The molecule has 1 heterocycles. The summed E-state index contributed by atoms with van der Waals surface area (Å²) in [5.74, 6) is -1.43. The Labute approximate surface area is 113 Å². The van der Waals surface area contributed by atoms with Gasteiger partial charge in [0.15, 0.2) is 0 Å². The maximum Gasteiger partial charge on any atom is 0.270 e. The molecule has 0 radical (unpaired) electrons.